The van der Waals surface area contributed by atoms with Crippen molar-refractivity contribution in [2.75, 3.05) is 36.1 Å². The number of carbonyl (C=O) groups excluding carboxylic acids is 1. The summed E-state index contributed by atoms with van der Waals surface area (Å²) in [6.45, 7) is 1.84. The number of methoxy groups -OCH3 is 1. The molecule has 1 amide bonds. The summed E-state index contributed by atoms with van der Waals surface area (Å²) >= 11 is 0. The maximum absolute atomic E-state index is 11.5. The molecule has 0 saturated carbocycles. The number of nitrogens with two attached hydrogens (primary N) is 1. The summed E-state index contributed by atoms with van der Waals surface area (Å²) in [6, 6.07) is 4.01. The van der Waals surface area contributed by atoms with Crippen LogP contribution in [0.1, 0.15) is 24.8 Å². The van der Waals surface area contributed by atoms with Crippen molar-refractivity contribution in [2.45, 2.75) is 31.8 Å². The van der Waals surface area contributed by atoms with Gasteiger partial charge < -0.3 is 20.7 Å². The largest absolute Gasteiger partial charge is 0.397 e. The average molecular weight is 275 g/mol. The highest BCUT2D eigenvalue weighted by Crippen LogP contribution is 2.34. The third-order valence-corrected chi connectivity index (χ3v) is 4.20. The van der Waals surface area contributed by atoms with Crippen molar-refractivity contribution in [2.24, 2.45) is 0 Å². The highest BCUT2D eigenvalue weighted by molar-refractivity contribution is 5.95. The quantitative estimate of drug-likeness (QED) is 0.807. The molecule has 108 valence electrons. The van der Waals surface area contributed by atoms with Gasteiger partial charge in [0.2, 0.25) is 5.91 Å². The molecule has 5 heteroatoms. The molecular formula is C15H21N3O2. The standard InChI is InChI=1S/C15H21N3O2/c1-20-11-3-2-6-18(9-11)14-8-13-10(7-12(14)16)4-5-15(19)17-13/h7-8,11H,2-6,9,16H2,1H3,(H,17,19). The molecule has 3 rings (SSSR count). The molecule has 1 atom stereocenters. The van der Waals surface area contributed by atoms with E-state index < -0.39 is 0 Å². The van der Waals surface area contributed by atoms with Gasteiger partial charge in [-0.15, -0.1) is 0 Å². The van der Waals surface area contributed by atoms with E-state index in [1.165, 1.54) is 0 Å². The van der Waals surface area contributed by atoms with E-state index in [-0.39, 0.29) is 12.0 Å². The molecule has 1 unspecified atom stereocenters. The highest BCUT2D eigenvalue weighted by atomic mass is 16.5. The lowest BCUT2D eigenvalue weighted by molar-refractivity contribution is -0.116. The number of piperidine rings is 1. The first-order valence-electron chi connectivity index (χ1n) is 7.17. The summed E-state index contributed by atoms with van der Waals surface area (Å²) in [6.07, 6.45) is 3.76. The number of fused-ring (bicyclic) bond motifs is 1. The zero-order valence-corrected chi connectivity index (χ0v) is 11.8. The van der Waals surface area contributed by atoms with Crippen LogP contribution in [0.3, 0.4) is 0 Å². The molecule has 0 aromatic heterocycles. The van der Waals surface area contributed by atoms with E-state index in [4.69, 9.17) is 10.5 Å². The molecule has 1 aromatic rings. The van der Waals surface area contributed by atoms with Crippen LogP contribution in [0, 0.1) is 0 Å². The summed E-state index contributed by atoms with van der Waals surface area (Å²) in [5, 5.41) is 2.94. The molecule has 20 heavy (non-hydrogen) atoms. The van der Waals surface area contributed by atoms with E-state index in [1.807, 2.05) is 12.1 Å². The SMILES string of the molecule is COC1CCCN(c2cc3c(cc2N)CCC(=O)N3)C1. The number of rotatable bonds is 2. The number of carbonyl (C=O) groups is 1. The Hall–Kier alpha value is -1.75. The van der Waals surface area contributed by atoms with Crippen LogP contribution >= 0.6 is 0 Å². The number of nitrogens with one attached hydrogen (secondary N) is 1. The van der Waals surface area contributed by atoms with E-state index in [1.54, 1.807) is 7.11 Å². The van der Waals surface area contributed by atoms with Gasteiger partial charge in [-0.2, -0.15) is 0 Å². The monoisotopic (exact) mass is 275 g/mol. The van der Waals surface area contributed by atoms with Crippen molar-refractivity contribution < 1.29 is 9.53 Å². The predicted octanol–water partition coefficient (Wildman–Crippen LogP) is 1.77. The third kappa shape index (κ3) is 2.45. The van der Waals surface area contributed by atoms with Crippen molar-refractivity contribution >= 4 is 23.0 Å². The van der Waals surface area contributed by atoms with Crippen LogP contribution in [-0.4, -0.2) is 32.2 Å². The molecule has 0 aliphatic carbocycles. The number of benzene rings is 1. The molecular weight excluding hydrogens is 254 g/mol. The van der Waals surface area contributed by atoms with Gasteiger partial charge in [-0.05, 0) is 37.0 Å². The van der Waals surface area contributed by atoms with Gasteiger partial charge in [-0.1, -0.05) is 0 Å². The number of nitrogen functional groups attached to an aromatic ring is 1. The van der Waals surface area contributed by atoms with Gasteiger partial charge >= 0.3 is 0 Å². The Morgan fingerprint density at radius 2 is 2.25 bits per heavy atom. The van der Waals surface area contributed by atoms with E-state index in [9.17, 15) is 4.79 Å². The molecule has 3 N–H and O–H groups in total. The normalized spacial score (nSPS) is 22.4. The summed E-state index contributed by atoms with van der Waals surface area (Å²) < 4.78 is 5.46. The van der Waals surface area contributed by atoms with Crippen molar-refractivity contribution in [1.29, 1.82) is 0 Å². The van der Waals surface area contributed by atoms with Crippen LogP contribution in [0.15, 0.2) is 12.1 Å². The number of ether oxygens (including phenoxy) is 1. The topological polar surface area (TPSA) is 67.6 Å². The van der Waals surface area contributed by atoms with Crippen molar-refractivity contribution in [1.82, 2.24) is 0 Å². The number of nitrogens with zero attached hydrogens (tertiary/aromatic N) is 1. The van der Waals surface area contributed by atoms with Crippen LogP contribution in [0.25, 0.3) is 0 Å². The Morgan fingerprint density at radius 3 is 3.05 bits per heavy atom. The van der Waals surface area contributed by atoms with Crippen LogP contribution in [0.4, 0.5) is 17.1 Å². The second-order valence-electron chi connectivity index (χ2n) is 5.56. The Balaban J connectivity index is 1.89. The lowest BCUT2D eigenvalue weighted by Gasteiger charge is -2.35. The van der Waals surface area contributed by atoms with Gasteiger partial charge in [0.15, 0.2) is 0 Å². The maximum atomic E-state index is 11.5. The van der Waals surface area contributed by atoms with Crippen molar-refractivity contribution in [3.05, 3.63) is 17.7 Å². The molecule has 1 saturated heterocycles. The van der Waals surface area contributed by atoms with Gasteiger partial charge in [0, 0.05) is 32.3 Å². The first-order chi connectivity index (χ1) is 9.67. The average Bonchev–Trinajstić information content (AvgIpc) is 2.47. The van der Waals surface area contributed by atoms with Crippen LogP contribution in [0.2, 0.25) is 0 Å². The zero-order valence-electron chi connectivity index (χ0n) is 11.8. The minimum atomic E-state index is 0.0848. The second-order valence-corrected chi connectivity index (χ2v) is 5.56. The molecule has 0 bridgehead atoms. The van der Waals surface area contributed by atoms with Crippen molar-refractivity contribution in [3.63, 3.8) is 0 Å². The number of hydrogen-bond donors (Lipinski definition) is 2. The van der Waals surface area contributed by atoms with Crippen LogP contribution in [0.5, 0.6) is 0 Å². The number of aryl methyl sites for hydroxylation is 1. The fourth-order valence-electron chi connectivity index (χ4n) is 3.06. The Labute approximate surface area is 119 Å². The Kier molecular flexibility index (Phi) is 3.53. The minimum Gasteiger partial charge on any atom is -0.397 e. The van der Waals surface area contributed by atoms with E-state index in [0.29, 0.717) is 6.42 Å². The Bertz CT molecular complexity index is 530. The number of amides is 1. The number of anilines is 3. The maximum Gasteiger partial charge on any atom is 0.224 e. The fraction of sp³-hybridized carbons (Fsp3) is 0.533. The van der Waals surface area contributed by atoms with Crippen LogP contribution in [-0.2, 0) is 16.0 Å². The molecule has 2 heterocycles. The molecule has 0 spiro atoms. The first kappa shape index (κ1) is 13.2. The van der Waals surface area contributed by atoms with Crippen LogP contribution < -0.4 is 16.0 Å². The lowest BCUT2D eigenvalue weighted by Crippen LogP contribution is -2.39. The lowest BCUT2D eigenvalue weighted by atomic mass is 10.00. The number of hydrogen-bond acceptors (Lipinski definition) is 4. The molecule has 1 aromatic carbocycles. The van der Waals surface area contributed by atoms with E-state index in [2.05, 4.69) is 10.2 Å². The predicted molar refractivity (Wildman–Crippen MR) is 80.0 cm³/mol. The Morgan fingerprint density at radius 1 is 1.40 bits per heavy atom. The smallest absolute Gasteiger partial charge is 0.224 e. The summed E-state index contributed by atoms with van der Waals surface area (Å²) in [4.78, 5) is 13.8. The molecule has 1 fully saturated rings. The summed E-state index contributed by atoms with van der Waals surface area (Å²) in [5.74, 6) is 0.0848. The van der Waals surface area contributed by atoms with Gasteiger partial charge in [0.05, 0.1) is 17.5 Å². The van der Waals surface area contributed by atoms with Crippen molar-refractivity contribution in [3.8, 4) is 0 Å². The van der Waals surface area contributed by atoms with E-state index in [0.717, 1.165) is 55.0 Å². The summed E-state index contributed by atoms with van der Waals surface area (Å²) in [7, 11) is 1.75. The third-order valence-electron chi connectivity index (χ3n) is 4.20. The highest BCUT2D eigenvalue weighted by Gasteiger charge is 2.23. The minimum absolute atomic E-state index is 0.0848. The zero-order chi connectivity index (χ0) is 14.1. The van der Waals surface area contributed by atoms with Gasteiger partial charge in [0.25, 0.3) is 0 Å². The second kappa shape index (κ2) is 5.32. The molecule has 2 aliphatic rings. The van der Waals surface area contributed by atoms with E-state index >= 15 is 0 Å². The molecule has 0 radical (unpaired) electrons. The van der Waals surface area contributed by atoms with Gasteiger partial charge in [-0.3, -0.25) is 4.79 Å². The van der Waals surface area contributed by atoms with Gasteiger partial charge in [-0.25, -0.2) is 0 Å². The first-order valence-corrected chi connectivity index (χ1v) is 7.17. The molecule has 5 nitrogen and oxygen atoms in total. The summed E-state index contributed by atoms with van der Waals surface area (Å²) in [5.41, 5.74) is 10.0. The van der Waals surface area contributed by atoms with Gasteiger partial charge in [0.1, 0.15) is 0 Å². The fourth-order valence-corrected chi connectivity index (χ4v) is 3.06. The molecule has 2 aliphatic heterocycles.